The summed E-state index contributed by atoms with van der Waals surface area (Å²) in [6, 6.07) is 7.51. The Bertz CT molecular complexity index is 475. The number of hydrogen-bond donors (Lipinski definition) is 1. The van der Waals surface area contributed by atoms with Crippen molar-refractivity contribution in [2.75, 3.05) is 7.05 Å². The number of benzene rings is 1. The van der Waals surface area contributed by atoms with Gasteiger partial charge < -0.3 is 5.32 Å². The normalized spacial score (nSPS) is 10.7. The van der Waals surface area contributed by atoms with Crippen LogP contribution in [0.25, 0.3) is 11.4 Å². The minimum absolute atomic E-state index is 0.705. The number of aromatic nitrogens is 3. The van der Waals surface area contributed by atoms with Gasteiger partial charge in [0.1, 0.15) is 5.82 Å². The van der Waals surface area contributed by atoms with Crippen LogP contribution in [0, 0.1) is 0 Å². The molecule has 1 aromatic carbocycles. The van der Waals surface area contributed by atoms with Crippen molar-refractivity contribution in [3.8, 4) is 11.4 Å². The number of nitrogens with zero attached hydrogens (tertiary/aromatic N) is 3. The molecule has 0 aliphatic rings. The molecule has 4 nitrogen and oxygen atoms in total. The molecule has 0 fully saturated rings. The lowest BCUT2D eigenvalue weighted by atomic mass is 10.2. The summed E-state index contributed by atoms with van der Waals surface area (Å²) >= 11 is 5.83. The molecule has 2 rings (SSSR count). The maximum atomic E-state index is 5.83. The van der Waals surface area contributed by atoms with E-state index in [0.29, 0.717) is 6.54 Å². The zero-order valence-electron chi connectivity index (χ0n) is 9.24. The summed E-state index contributed by atoms with van der Waals surface area (Å²) < 4.78 is 1.78. The van der Waals surface area contributed by atoms with E-state index < -0.39 is 0 Å². The van der Waals surface area contributed by atoms with E-state index >= 15 is 0 Å². The van der Waals surface area contributed by atoms with Gasteiger partial charge in [-0.05, 0) is 31.3 Å². The SMILES string of the molecule is CNCc1nc(-c2ccc(Cl)cc2)nn1C. The molecular formula is C11H13ClN4. The smallest absolute Gasteiger partial charge is 0.181 e. The van der Waals surface area contributed by atoms with Crippen LogP contribution in [-0.2, 0) is 13.6 Å². The quantitative estimate of drug-likeness (QED) is 0.885. The number of halogens is 1. The van der Waals surface area contributed by atoms with E-state index in [2.05, 4.69) is 15.4 Å². The molecule has 1 aromatic heterocycles. The van der Waals surface area contributed by atoms with Gasteiger partial charge in [0.05, 0.1) is 6.54 Å². The van der Waals surface area contributed by atoms with Crippen LogP contribution in [0.3, 0.4) is 0 Å². The molecular weight excluding hydrogens is 224 g/mol. The van der Waals surface area contributed by atoms with Crippen molar-refractivity contribution in [3.63, 3.8) is 0 Å². The predicted octanol–water partition coefficient (Wildman–Crippen LogP) is 1.85. The molecule has 0 atom stereocenters. The molecule has 16 heavy (non-hydrogen) atoms. The van der Waals surface area contributed by atoms with Crippen molar-refractivity contribution in [1.29, 1.82) is 0 Å². The van der Waals surface area contributed by atoms with Crippen molar-refractivity contribution < 1.29 is 0 Å². The fraction of sp³-hybridized carbons (Fsp3) is 0.273. The van der Waals surface area contributed by atoms with Crippen LogP contribution in [0.4, 0.5) is 0 Å². The van der Waals surface area contributed by atoms with Gasteiger partial charge >= 0.3 is 0 Å². The second kappa shape index (κ2) is 4.63. The molecule has 0 aliphatic heterocycles. The Morgan fingerprint density at radius 2 is 2.00 bits per heavy atom. The highest BCUT2D eigenvalue weighted by molar-refractivity contribution is 6.30. The summed E-state index contributed by atoms with van der Waals surface area (Å²) in [7, 11) is 3.77. The summed E-state index contributed by atoms with van der Waals surface area (Å²) in [6.45, 7) is 0.705. The molecule has 0 radical (unpaired) electrons. The van der Waals surface area contributed by atoms with Crippen LogP contribution >= 0.6 is 11.6 Å². The van der Waals surface area contributed by atoms with E-state index in [1.165, 1.54) is 0 Å². The van der Waals surface area contributed by atoms with Crippen LogP contribution in [0.2, 0.25) is 5.02 Å². The Morgan fingerprint density at radius 1 is 1.31 bits per heavy atom. The molecule has 1 heterocycles. The zero-order chi connectivity index (χ0) is 11.5. The first kappa shape index (κ1) is 11.1. The monoisotopic (exact) mass is 236 g/mol. The zero-order valence-corrected chi connectivity index (χ0v) is 9.99. The first-order valence-electron chi connectivity index (χ1n) is 5.01. The maximum Gasteiger partial charge on any atom is 0.181 e. The van der Waals surface area contributed by atoms with Gasteiger partial charge in [0.2, 0.25) is 0 Å². The second-order valence-electron chi connectivity index (χ2n) is 3.51. The van der Waals surface area contributed by atoms with Crippen molar-refractivity contribution in [3.05, 3.63) is 35.1 Å². The van der Waals surface area contributed by atoms with Crippen LogP contribution in [0.15, 0.2) is 24.3 Å². The number of nitrogens with one attached hydrogen (secondary N) is 1. The van der Waals surface area contributed by atoms with E-state index in [1.807, 2.05) is 38.4 Å². The van der Waals surface area contributed by atoms with Crippen LogP contribution < -0.4 is 5.32 Å². The number of hydrogen-bond acceptors (Lipinski definition) is 3. The third-order valence-corrected chi connectivity index (χ3v) is 2.54. The molecule has 0 bridgehead atoms. The van der Waals surface area contributed by atoms with Crippen LogP contribution in [0.1, 0.15) is 5.82 Å². The predicted molar refractivity (Wildman–Crippen MR) is 64.2 cm³/mol. The summed E-state index contributed by atoms with van der Waals surface area (Å²) in [4.78, 5) is 4.45. The highest BCUT2D eigenvalue weighted by Crippen LogP contribution is 2.18. The first-order valence-corrected chi connectivity index (χ1v) is 5.39. The van der Waals surface area contributed by atoms with E-state index in [0.717, 1.165) is 22.2 Å². The molecule has 1 N–H and O–H groups in total. The maximum absolute atomic E-state index is 5.83. The van der Waals surface area contributed by atoms with Gasteiger partial charge in [-0.25, -0.2) is 4.98 Å². The van der Waals surface area contributed by atoms with Crippen LogP contribution in [0.5, 0.6) is 0 Å². The summed E-state index contributed by atoms with van der Waals surface area (Å²) in [5.41, 5.74) is 0.974. The van der Waals surface area contributed by atoms with Gasteiger partial charge in [-0.1, -0.05) is 11.6 Å². The average molecular weight is 237 g/mol. The molecule has 5 heteroatoms. The fourth-order valence-corrected chi connectivity index (χ4v) is 1.58. The minimum atomic E-state index is 0.705. The van der Waals surface area contributed by atoms with Gasteiger partial charge in [0.15, 0.2) is 5.82 Å². The van der Waals surface area contributed by atoms with E-state index in [-0.39, 0.29) is 0 Å². The summed E-state index contributed by atoms with van der Waals surface area (Å²) in [6.07, 6.45) is 0. The molecule has 2 aromatic rings. The van der Waals surface area contributed by atoms with Gasteiger partial charge in [0.25, 0.3) is 0 Å². The third kappa shape index (κ3) is 2.23. The number of rotatable bonds is 3. The van der Waals surface area contributed by atoms with Gasteiger partial charge in [-0.15, -0.1) is 0 Å². The first-order chi connectivity index (χ1) is 7.70. The standard InChI is InChI=1S/C11H13ClN4/c1-13-7-10-14-11(15-16(10)2)8-3-5-9(12)6-4-8/h3-6,13H,7H2,1-2H3. The second-order valence-corrected chi connectivity index (χ2v) is 3.95. The van der Waals surface area contributed by atoms with Crippen molar-refractivity contribution in [1.82, 2.24) is 20.1 Å². The summed E-state index contributed by atoms with van der Waals surface area (Å²) in [5, 5.41) is 8.12. The lowest BCUT2D eigenvalue weighted by Crippen LogP contribution is -2.10. The Hall–Kier alpha value is -1.39. The van der Waals surface area contributed by atoms with Gasteiger partial charge in [-0.3, -0.25) is 4.68 Å². The molecule has 0 saturated heterocycles. The molecule has 0 aliphatic carbocycles. The minimum Gasteiger partial charge on any atom is -0.313 e. The Balaban J connectivity index is 2.33. The average Bonchev–Trinajstić information content (AvgIpc) is 2.62. The highest BCUT2D eigenvalue weighted by Gasteiger charge is 2.07. The van der Waals surface area contributed by atoms with E-state index in [9.17, 15) is 0 Å². The Kier molecular flexibility index (Phi) is 3.22. The van der Waals surface area contributed by atoms with E-state index in [4.69, 9.17) is 11.6 Å². The van der Waals surface area contributed by atoms with Crippen LogP contribution in [-0.4, -0.2) is 21.8 Å². The summed E-state index contributed by atoms with van der Waals surface area (Å²) in [5.74, 6) is 1.64. The topological polar surface area (TPSA) is 42.7 Å². The Morgan fingerprint density at radius 3 is 2.62 bits per heavy atom. The van der Waals surface area contributed by atoms with Gasteiger partial charge in [-0.2, -0.15) is 5.10 Å². The molecule has 0 saturated carbocycles. The van der Waals surface area contributed by atoms with Crippen molar-refractivity contribution >= 4 is 11.6 Å². The Labute approximate surface area is 99.3 Å². The lowest BCUT2D eigenvalue weighted by molar-refractivity contribution is 0.660. The van der Waals surface area contributed by atoms with E-state index in [1.54, 1.807) is 4.68 Å². The van der Waals surface area contributed by atoms with Crippen molar-refractivity contribution in [2.45, 2.75) is 6.54 Å². The number of aryl methyl sites for hydroxylation is 1. The molecule has 0 amide bonds. The van der Waals surface area contributed by atoms with Gasteiger partial charge in [0, 0.05) is 17.6 Å². The molecule has 0 unspecified atom stereocenters. The lowest BCUT2D eigenvalue weighted by Gasteiger charge is -1.95. The molecule has 84 valence electrons. The fourth-order valence-electron chi connectivity index (χ4n) is 1.45. The third-order valence-electron chi connectivity index (χ3n) is 2.29. The largest absolute Gasteiger partial charge is 0.313 e. The molecule has 0 spiro atoms. The van der Waals surface area contributed by atoms with Crippen molar-refractivity contribution in [2.24, 2.45) is 7.05 Å². The highest BCUT2D eigenvalue weighted by atomic mass is 35.5.